The zero-order valence-corrected chi connectivity index (χ0v) is 9.83. The lowest BCUT2D eigenvalue weighted by Gasteiger charge is -2.17. The van der Waals surface area contributed by atoms with E-state index in [0.29, 0.717) is 0 Å². The number of hydrogen-bond acceptors (Lipinski definition) is 6. The molecule has 2 unspecified atom stereocenters. The van der Waals surface area contributed by atoms with Gasteiger partial charge >= 0.3 is 0 Å². The van der Waals surface area contributed by atoms with Gasteiger partial charge in [-0.05, 0) is 6.07 Å². The maximum atomic E-state index is 10.7. The first-order valence-electron chi connectivity index (χ1n) is 4.84. The fourth-order valence-corrected chi connectivity index (χ4v) is 1.67. The van der Waals surface area contributed by atoms with Crippen LogP contribution in [-0.2, 0) is 0 Å². The number of aliphatic hydroxyl groups excluding tert-OH is 2. The van der Waals surface area contributed by atoms with Gasteiger partial charge in [0, 0.05) is 16.7 Å². The minimum atomic E-state index is -1.49. The molecule has 8 heteroatoms. The summed E-state index contributed by atoms with van der Waals surface area (Å²) >= 11 is 5.79. The summed E-state index contributed by atoms with van der Waals surface area (Å²) in [6, 6.07) is 3.79. The third-order valence-corrected chi connectivity index (χ3v) is 2.65. The molecule has 0 heterocycles. The largest absolute Gasteiger partial charge is 0.393 e. The maximum Gasteiger partial charge on any atom is 0.292 e. The molecule has 0 aliphatic rings. The van der Waals surface area contributed by atoms with Gasteiger partial charge in [0.15, 0.2) is 0 Å². The van der Waals surface area contributed by atoms with Gasteiger partial charge < -0.3 is 15.9 Å². The van der Waals surface area contributed by atoms with Crippen LogP contribution < -0.4 is 5.73 Å². The van der Waals surface area contributed by atoms with Crippen LogP contribution in [-0.4, -0.2) is 21.2 Å². The second-order valence-corrected chi connectivity index (χ2v) is 3.97. The van der Waals surface area contributed by atoms with E-state index in [-0.39, 0.29) is 22.7 Å². The average molecular weight is 272 g/mol. The van der Waals surface area contributed by atoms with E-state index in [1.165, 1.54) is 0 Å². The predicted octanol–water partition coefficient (Wildman–Crippen LogP) is 1.14. The van der Waals surface area contributed by atoms with E-state index < -0.39 is 22.8 Å². The van der Waals surface area contributed by atoms with Crippen molar-refractivity contribution in [2.45, 2.75) is 18.6 Å². The molecule has 1 aromatic carbocycles. The highest BCUT2D eigenvalue weighted by molar-refractivity contribution is 6.31. The number of halogens is 1. The Balaban J connectivity index is 3.20. The van der Waals surface area contributed by atoms with Gasteiger partial charge in [-0.3, -0.25) is 10.1 Å². The third kappa shape index (κ3) is 2.87. The second-order valence-electron chi connectivity index (χ2n) is 3.56. The normalized spacial score (nSPS) is 13.7. The number of hydrogen-bond donors (Lipinski definition) is 3. The molecule has 7 nitrogen and oxygen atoms in total. The number of aliphatic hydroxyl groups is 2. The third-order valence-electron chi connectivity index (χ3n) is 2.33. The van der Waals surface area contributed by atoms with Gasteiger partial charge in [-0.1, -0.05) is 11.6 Å². The highest BCUT2D eigenvalue weighted by Crippen LogP contribution is 2.34. The summed E-state index contributed by atoms with van der Waals surface area (Å²) in [5.41, 5.74) is 4.80. The predicted molar refractivity (Wildman–Crippen MR) is 63.7 cm³/mol. The van der Waals surface area contributed by atoms with Crippen molar-refractivity contribution < 1.29 is 15.1 Å². The minimum absolute atomic E-state index is 0.0115. The Morgan fingerprint density at radius 2 is 2.17 bits per heavy atom. The molecule has 0 spiro atoms. The van der Waals surface area contributed by atoms with Crippen molar-refractivity contribution in [3.63, 3.8) is 0 Å². The Morgan fingerprint density at radius 1 is 1.56 bits per heavy atom. The topological polar surface area (TPSA) is 133 Å². The molecule has 0 aliphatic heterocycles. The Bertz CT molecular complexity index is 515. The van der Waals surface area contributed by atoms with Gasteiger partial charge in [-0.25, -0.2) is 0 Å². The quantitative estimate of drug-likeness (QED) is 0.427. The lowest BCUT2D eigenvalue weighted by atomic mass is 10.0. The number of benzene rings is 1. The summed E-state index contributed by atoms with van der Waals surface area (Å²) in [6.45, 7) is 0. The number of nitrogens with two attached hydrogens (primary N) is 1. The summed E-state index contributed by atoms with van der Waals surface area (Å²) in [7, 11) is 0. The molecule has 0 saturated carbocycles. The Kier molecular flexibility index (Phi) is 4.44. The lowest BCUT2D eigenvalue weighted by Crippen LogP contribution is -2.18. The van der Waals surface area contributed by atoms with Crippen LogP contribution in [0, 0.1) is 21.4 Å². The standard InChI is InChI=1S/C10H10ClN3O4/c11-6-4-7(13)8(14(17)18)3-5(6)10(16)9(15)1-2-12/h3-4,9-10,15-16H,1,13H2. The van der Waals surface area contributed by atoms with Crippen LogP contribution >= 0.6 is 11.6 Å². The summed E-state index contributed by atoms with van der Waals surface area (Å²) in [6.07, 6.45) is -3.19. The van der Waals surface area contributed by atoms with Crippen molar-refractivity contribution in [1.29, 1.82) is 5.26 Å². The number of nitro groups is 1. The smallest absolute Gasteiger partial charge is 0.292 e. The molecule has 96 valence electrons. The molecule has 18 heavy (non-hydrogen) atoms. The van der Waals surface area contributed by atoms with Crippen LogP contribution in [0.25, 0.3) is 0 Å². The second kappa shape index (κ2) is 5.64. The lowest BCUT2D eigenvalue weighted by molar-refractivity contribution is -0.384. The molecule has 2 atom stereocenters. The molecule has 1 rings (SSSR count). The van der Waals surface area contributed by atoms with Gasteiger partial charge in [0.05, 0.1) is 23.5 Å². The van der Waals surface area contributed by atoms with E-state index in [1.54, 1.807) is 6.07 Å². The summed E-state index contributed by atoms with van der Waals surface area (Å²) in [5, 5.41) is 38.3. The van der Waals surface area contributed by atoms with Crippen LogP contribution in [0.2, 0.25) is 5.02 Å². The molecule has 0 amide bonds. The highest BCUT2D eigenvalue weighted by atomic mass is 35.5. The van der Waals surface area contributed by atoms with Crippen LogP contribution in [0.4, 0.5) is 11.4 Å². The van der Waals surface area contributed by atoms with Crippen molar-refractivity contribution in [1.82, 2.24) is 0 Å². The van der Waals surface area contributed by atoms with E-state index >= 15 is 0 Å². The SMILES string of the molecule is N#CCC(O)C(O)c1cc([N+](=O)[O-])c(N)cc1Cl. The van der Waals surface area contributed by atoms with Crippen molar-refractivity contribution in [3.8, 4) is 6.07 Å². The van der Waals surface area contributed by atoms with Crippen molar-refractivity contribution in [2.75, 3.05) is 5.73 Å². The van der Waals surface area contributed by atoms with Crippen LogP contribution in [0.5, 0.6) is 0 Å². The Labute approximate surface area is 107 Å². The van der Waals surface area contributed by atoms with E-state index in [9.17, 15) is 20.3 Å². The molecule has 0 saturated heterocycles. The molecule has 4 N–H and O–H groups in total. The van der Waals surface area contributed by atoms with Gasteiger partial charge in [0.2, 0.25) is 0 Å². The molecule has 0 radical (unpaired) electrons. The van der Waals surface area contributed by atoms with E-state index in [4.69, 9.17) is 22.6 Å². The number of anilines is 1. The molecule has 1 aromatic rings. The van der Waals surface area contributed by atoms with Gasteiger partial charge in [-0.15, -0.1) is 0 Å². The first-order valence-corrected chi connectivity index (χ1v) is 5.22. The Hall–Kier alpha value is -1.88. The molecular formula is C10H10ClN3O4. The van der Waals surface area contributed by atoms with Crippen LogP contribution in [0.3, 0.4) is 0 Å². The summed E-state index contributed by atoms with van der Waals surface area (Å²) < 4.78 is 0. The van der Waals surface area contributed by atoms with E-state index in [2.05, 4.69) is 0 Å². The monoisotopic (exact) mass is 271 g/mol. The molecule has 0 aromatic heterocycles. The minimum Gasteiger partial charge on any atom is -0.393 e. The zero-order valence-electron chi connectivity index (χ0n) is 9.08. The number of nitrogens with zero attached hydrogens (tertiary/aromatic N) is 2. The first kappa shape index (κ1) is 14.2. The maximum absolute atomic E-state index is 10.7. The molecular weight excluding hydrogens is 262 g/mol. The number of rotatable bonds is 4. The van der Waals surface area contributed by atoms with Crippen molar-refractivity contribution in [2.24, 2.45) is 0 Å². The highest BCUT2D eigenvalue weighted by Gasteiger charge is 2.24. The van der Waals surface area contributed by atoms with Crippen molar-refractivity contribution >= 4 is 23.0 Å². The van der Waals surface area contributed by atoms with Gasteiger partial charge in [0.1, 0.15) is 11.8 Å². The zero-order chi connectivity index (χ0) is 13.9. The van der Waals surface area contributed by atoms with E-state index in [1.807, 2.05) is 0 Å². The van der Waals surface area contributed by atoms with E-state index in [0.717, 1.165) is 12.1 Å². The number of nitro benzene ring substituents is 1. The van der Waals surface area contributed by atoms with Gasteiger partial charge in [0.25, 0.3) is 5.69 Å². The summed E-state index contributed by atoms with van der Waals surface area (Å²) in [4.78, 5) is 9.97. The summed E-state index contributed by atoms with van der Waals surface area (Å²) in [5.74, 6) is 0. The molecule has 0 fully saturated rings. The van der Waals surface area contributed by atoms with Gasteiger partial charge in [-0.2, -0.15) is 5.26 Å². The van der Waals surface area contributed by atoms with Crippen LogP contribution in [0.1, 0.15) is 18.1 Å². The number of nitrogen functional groups attached to an aromatic ring is 1. The first-order chi connectivity index (χ1) is 8.38. The molecule has 0 bridgehead atoms. The molecule has 0 aliphatic carbocycles. The van der Waals surface area contributed by atoms with Crippen LogP contribution in [0.15, 0.2) is 12.1 Å². The van der Waals surface area contributed by atoms with Crippen molar-refractivity contribution in [3.05, 3.63) is 32.8 Å². The fourth-order valence-electron chi connectivity index (χ4n) is 1.39. The number of nitriles is 1. The average Bonchev–Trinajstić information content (AvgIpc) is 2.28. The fraction of sp³-hybridized carbons (Fsp3) is 0.300. The Morgan fingerprint density at radius 3 is 2.67 bits per heavy atom.